The number of amides is 1. The normalized spacial score (nSPS) is 17.0. The molecule has 1 aromatic carbocycles. The molecule has 5 nitrogen and oxygen atoms in total. The van der Waals surface area contributed by atoms with Gasteiger partial charge in [-0.3, -0.25) is 9.69 Å². The fourth-order valence-corrected chi connectivity index (χ4v) is 2.85. The van der Waals surface area contributed by atoms with E-state index in [1.165, 1.54) is 12.3 Å². The Bertz CT molecular complexity index is 678. The minimum atomic E-state index is -1.25. The monoisotopic (exact) mass is 336 g/mol. The summed E-state index contributed by atoms with van der Waals surface area (Å²) in [5.41, 5.74) is -0.313. The highest BCUT2D eigenvalue weighted by molar-refractivity contribution is 5.91. The van der Waals surface area contributed by atoms with Crippen LogP contribution in [0.1, 0.15) is 22.2 Å². The van der Waals surface area contributed by atoms with Crippen LogP contribution in [0.15, 0.2) is 41.0 Å². The van der Waals surface area contributed by atoms with Crippen LogP contribution in [0.2, 0.25) is 0 Å². The predicted octanol–water partition coefficient (Wildman–Crippen LogP) is 2.05. The van der Waals surface area contributed by atoms with Gasteiger partial charge >= 0.3 is 0 Å². The summed E-state index contributed by atoms with van der Waals surface area (Å²) in [6.07, 6.45) is 0.196. The van der Waals surface area contributed by atoms with Gasteiger partial charge in [0.1, 0.15) is 11.6 Å². The van der Waals surface area contributed by atoms with Gasteiger partial charge in [-0.15, -0.1) is 0 Å². The standard InChI is InChI=1S/C17H18F2N2O3/c18-12-3-1-4-13(19)16(12)14(22)11-20-6-8-21(9-7-20)17(23)15-5-2-10-24-15/h1-5,10,14,22H,6-9,11H2. The molecule has 1 aliphatic rings. The Balaban J connectivity index is 1.56. The number of hydrogen-bond donors (Lipinski definition) is 1. The highest BCUT2D eigenvalue weighted by Gasteiger charge is 2.26. The van der Waals surface area contributed by atoms with Crippen LogP contribution in [-0.2, 0) is 0 Å². The molecule has 1 aliphatic heterocycles. The van der Waals surface area contributed by atoms with E-state index < -0.39 is 17.7 Å². The van der Waals surface area contributed by atoms with E-state index in [1.807, 2.05) is 4.90 Å². The number of halogens is 2. The lowest BCUT2D eigenvalue weighted by molar-refractivity contribution is 0.0493. The van der Waals surface area contributed by atoms with Crippen LogP contribution < -0.4 is 0 Å². The highest BCUT2D eigenvalue weighted by Crippen LogP contribution is 2.22. The van der Waals surface area contributed by atoms with Crippen molar-refractivity contribution >= 4 is 5.91 Å². The third kappa shape index (κ3) is 3.47. The van der Waals surface area contributed by atoms with E-state index in [2.05, 4.69) is 0 Å². The molecule has 1 N–H and O–H groups in total. The van der Waals surface area contributed by atoms with Crippen LogP contribution in [0.25, 0.3) is 0 Å². The van der Waals surface area contributed by atoms with Gasteiger partial charge in [-0.25, -0.2) is 8.78 Å². The van der Waals surface area contributed by atoms with Crippen molar-refractivity contribution in [3.8, 4) is 0 Å². The Morgan fingerprint density at radius 2 is 1.79 bits per heavy atom. The number of nitrogens with zero attached hydrogens (tertiary/aromatic N) is 2. The number of carbonyl (C=O) groups excluding carboxylic acids is 1. The molecule has 0 aliphatic carbocycles. The number of aliphatic hydroxyl groups excluding tert-OH is 1. The minimum Gasteiger partial charge on any atom is -0.459 e. The molecule has 1 atom stereocenters. The predicted molar refractivity (Wildman–Crippen MR) is 82.4 cm³/mol. The number of hydrogen-bond acceptors (Lipinski definition) is 4. The second kappa shape index (κ2) is 7.11. The summed E-state index contributed by atoms with van der Waals surface area (Å²) >= 11 is 0. The summed E-state index contributed by atoms with van der Waals surface area (Å²) in [7, 11) is 0. The largest absolute Gasteiger partial charge is 0.459 e. The molecule has 7 heteroatoms. The molecule has 24 heavy (non-hydrogen) atoms. The maximum atomic E-state index is 13.7. The minimum absolute atomic E-state index is 0.112. The summed E-state index contributed by atoms with van der Waals surface area (Å²) in [6, 6.07) is 6.78. The molecule has 0 bridgehead atoms. The molecule has 1 saturated heterocycles. The number of aliphatic hydroxyl groups is 1. The third-order valence-electron chi connectivity index (χ3n) is 4.16. The number of carbonyl (C=O) groups is 1. The molecule has 1 fully saturated rings. The smallest absolute Gasteiger partial charge is 0.289 e. The average Bonchev–Trinajstić information content (AvgIpc) is 3.09. The number of benzene rings is 1. The van der Waals surface area contributed by atoms with Crippen LogP contribution in [0.4, 0.5) is 8.78 Å². The van der Waals surface area contributed by atoms with Gasteiger partial charge in [0.2, 0.25) is 0 Å². The van der Waals surface area contributed by atoms with Gasteiger partial charge in [0.25, 0.3) is 5.91 Å². The Kier molecular flexibility index (Phi) is 4.92. The van der Waals surface area contributed by atoms with Gasteiger partial charge < -0.3 is 14.4 Å². The first-order valence-corrected chi connectivity index (χ1v) is 7.73. The lowest BCUT2D eigenvalue weighted by Crippen LogP contribution is -2.49. The number of piperazine rings is 1. The molecular weight excluding hydrogens is 318 g/mol. The Morgan fingerprint density at radius 3 is 2.38 bits per heavy atom. The van der Waals surface area contributed by atoms with E-state index in [-0.39, 0.29) is 23.8 Å². The van der Waals surface area contributed by atoms with Crippen LogP contribution in [0.5, 0.6) is 0 Å². The van der Waals surface area contributed by atoms with Gasteiger partial charge in [0, 0.05) is 32.7 Å². The fraction of sp³-hybridized carbons (Fsp3) is 0.353. The topological polar surface area (TPSA) is 56.9 Å². The highest BCUT2D eigenvalue weighted by atomic mass is 19.1. The second-order valence-corrected chi connectivity index (χ2v) is 5.72. The molecule has 1 amide bonds. The van der Waals surface area contributed by atoms with Crippen LogP contribution in [0, 0.1) is 11.6 Å². The molecule has 0 radical (unpaired) electrons. The first-order valence-electron chi connectivity index (χ1n) is 7.73. The van der Waals surface area contributed by atoms with E-state index in [1.54, 1.807) is 17.0 Å². The van der Waals surface area contributed by atoms with E-state index in [4.69, 9.17) is 4.42 Å². The number of furan rings is 1. The Hall–Kier alpha value is -2.25. The van der Waals surface area contributed by atoms with Gasteiger partial charge in [-0.2, -0.15) is 0 Å². The van der Waals surface area contributed by atoms with E-state index >= 15 is 0 Å². The van der Waals surface area contributed by atoms with Gasteiger partial charge in [0.05, 0.1) is 17.9 Å². The van der Waals surface area contributed by atoms with Gasteiger partial charge in [-0.05, 0) is 24.3 Å². The van der Waals surface area contributed by atoms with Crippen molar-refractivity contribution in [1.29, 1.82) is 0 Å². The maximum Gasteiger partial charge on any atom is 0.289 e. The maximum absolute atomic E-state index is 13.7. The van der Waals surface area contributed by atoms with E-state index in [0.29, 0.717) is 26.2 Å². The molecule has 0 saturated carbocycles. The number of β-amino-alcohol motifs (C(OH)–C–C–N with tert-alkyl or cyclic N) is 1. The quantitative estimate of drug-likeness (QED) is 0.928. The summed E-state index contributed by atoms with van der Waals surface area (Å²) in [4.78, 5) is 15.7. The third-order valence-corrected chi connectivity index (χ3v) is 4.16. The molecular formula is C17H18F2N2O3. The first-order chi connectivity index (χ1) is 11.6. The average molecular weight is 336 g/mol. The molecule has 0 spiro atoms. The Morgan fingerprint density at radius 1 is 1.12 bits per heavy atom. The zero-order valence-corrected chi connectivity index (χ0v) is 13.0. The molecule has 128 valence electrons. The zero-order valence-electron chi connectivity index (χ0n) is 13.0. The van der Waals surface area contributed by atoms with Gasteiger partial charge in [-0.1, -0.05) is 6.07 Å². The van der Waals surface area contributed by atoms with Crippen molar-refractivity contribution in [1.82, 2.24) is 9.80 Å². The molecule has 3 rings (SSSR count). The first kappa shape index (κ1) is 16.6. The fourth-order valence-electron chi connectivity index (χ4n) is 2.85. The van der Waals surface area contributed by atoms with Crippen molar-refractivity contribution < 1.29 is 23.1 Å². The summed E-state index contributed by atoms with van der Waals surface area (Å²) < 4.78 is 32.5. The molecule has 2 heterocycles. The SMILES string of the molecule is O=C(c1ccco1)N1CCN(CC(O)c2c(F)cccc2F)CC1. The molecule has 1 aromatic heterocycles. The lowest BCUT2D eigenvalue weighted by atomic mass is 10.1. The summed E-state index contributed by atoms with van der Waals surface area (Å²) in [6.45, 7) is 2.07. The van der Waals surface area contributed by atoms with E-state index in [9.17, 15) is 18.7 Å². The summed E-state index contributed by atoms with van der Waals surface area (Å²) in [5.74, 6) is -1.40. The van der Waals surface area contributed by atoms with Crippen molar-refractivity contribution in [3.05, 3.63) is 59.6 Å². The van der Waals surface area contributed by atoms with Gasteiger partial charge in [0.15, 0.2) is 5.76 Å². The summed E-state index contributed by atoms with van der Waals surface area (Å²) in [5, 5.41) is 10.1. The Labute approximate surface area is 138 Å². The van der Waals surface area contributed by atoms with Crippen LogP contribution >= 0.6 is 0 Å². The second-order valence-electron chi connectivity index (χ2n) is 5.72. The lowest BCUT2D eigenvalue weighted by Gasteiger charge is -2.35. The van der Waals surface area contributed by atoms with Crippen LogP contribution in [0.3, 0.4) is 0 Å². The van der Waals surface area contributed by atoms with Crippen molar-refractivity contribution in [3.63, 3.8) is 0 Å². The van der Waals surface area contributed by atoms with Crippen molar-refractivity contribution in [2.45, 2.75) is 6.10 Å². The van der Waals surface area contributed by atoms with Crippen LogP contribution in [-0.4, -0.2) is 53.5 Å². The van der Waals surface area contributed by atoms with Crippen molar-refractivity contribution in [2.75, 3.05) is 32.7 Å². The van der Waals surface area contributed by atoms with E-state index in [0.717, 1.165) is 12.1 Å². The van der Waals surface area contributed by atoms with Crippen molar-refractivity contribution in [2.24, 2.45) is 0 Å². The molecule has 1 unspecified atom stereocenters. The number of rotatable bonds is 4. The molecule has 2 aromatic rings. The zero-order chi connectivity index (χ0) is 17.1.